The second-order valence-electron chi connectivity index (χ2n) is 3.97. The lowest BCUT2D eigenvalue weighted by atomic mass is 10.3. The highest BCUT2D eigenvalue weighted by atomic mass is 35.5. The predicted molar refractivity (Wildman–Crippen MR) is 77.1 cm³/mol. The number of alkyl halides is 1. The smallest absolute Gasteiger partial charge is 0.195 e. The molecule has 0 aliphatic heterocycles. The first kappa shape index (κ1) is 11.6. The molecule has 0 atom stereocenters. The van der Waals surface area contributed by atoms with E-state index in [9.17, 15) is 0 Å². The monoisotopic (exact) mass is 277 g/mol. The van der Waals surface area contributed by atoms with Gasteiger partial charge in [0.05, 0.1) is 11.6 Å². The van der Waals surface area contributed by atoms with Crippen molar-refractivity contribution in [2.75, 3.05) is 11.9 Å². The van der Waals surface area contributed by atoms with Gasteiger partial charge in [0.25, 0.3) is 0 Å². The Kier molecular flexibility index (Phi) is 2.97. The molecule has 0 N–H and O–H groups in total. The van der Waals surface area contributed by atoms with Crippen molar-refractivity contribution in [1.29, 1.82) is 0 Å². The van der Waals surface area contributed by atoms with Crippen LogP contribution in [0.15, 0.2) is 41.9 Å². The molecule has 0 amide bonds. The van der Waals surface area contributed by atoms with Gasteiger partial charge in [-0.3, -0.25) is 4.40 Å². The average molecular weight is 278 g/mol. The number of imidazole rings is 1. The molecule has 0 radical (unpaired) electrons. The Morgan fingerprint density at radius 3 is 2.83 bits per heavy atom. The highest BCUT2D eigenvalue weighted by molar-refractivity contribution is 7.15. The number of anilines is 2. The van der Waals surface area contributed by atoms with Crippen LogP contribution < -0.4 is 4.90 Å². The molecule has 5 heteroatoms. The first-order valence-electron chi connectivity index (χ1n) is 5.60. The zero-order valence-electron chi connectivity index (χ0n) is 9.88. The van der Waals surface area contributed by atoms with Crippen molar-refractivity contribution >= 4 is 39.4 Å². The van der Waals surface area contributed by atoms with Gasteiger partial charge < -0.3 is 4.90 Å². The van der Waals surface area contributed by atoms with Crippen molar-refractivity contribution in [1.82, 2.24) is 9.38 Å². The van der Waals surface area contributed by atoms with Crippen LogP contribution in [0, 0.1) is 0 Å². The number of benzene rings is 1. The van der Waals surface area contributed by atoms with E-state index < -0.39 is 0 Å². The summed E-state index contributed by atoms with van der Waals surface area (Å²) in [7, 11) is 2.01. The van der Waals surface area contributed by atoms with Crippen LogP contribution in [0.3, 0.4) is 0 Å². The van der Waals surface area contributed by atoms with Crippen molar-refractivity contribution in [3.8, 4) is 0 Å². The third-order valence-electron chi connectivity index (χ3n) is 2.93. The number of rotatable bonds is 3. The molecule has 0 aliphatic carbocycles. The Hall–Kier alpha value is -1.52. The first-order valence-corrected chi connectivity index (χ1v) is 7.02. The number of fused-ring (bicyclic) bond motifs is 1. The topological polar surface area (TPSA) is 20.5 Å². The van der Waals surface area contributed by atoms with Crippen molar-refractivity contribution in [3.05, 3.63) is 47.6 Å². The fourth-order valence-corrected chi connectivity index (χ4v) is 2.96. The molecular weight excluding hydrogens is 266 g/mol. The van der Waals surface area contributed by atoms with E-state index in [1.807, 2.05) is 41.2 Å². The molecule has 2 aromatic heterocycles. The minimum atomic E-state index is 0.449. The van der Waals surface area contributed by atoms with Gasteiger partial charge >= 0.3 is 0 Å². The summed E-state index contributed by atoms with van der Waals surface area (Å²) in [4.78, 5) is 7.69. The molecule has 0 saturated heterocycles. The maximum atomic E-state index is 6.06. The van der Waals surface area contributed by atoms with Gasteiger partial charge in [-0.05, 0) is 12.1 Å². The number of hydrogen-bond donors (Lipinski definition) is 0. The largest absolute Gasteiger partial charge is 0.328 e. The van der Waals surface area contributed by atoms with Crippen LogP contribution in [0.1, 0.15) is 5.69 Å². The summed E-state index contributed by atoms with van der Waals surface area (Å²) < 4.78 is 2.05. The van der Waals surface area contributed by atoms with Crippen LogP contribution >= 0.6 is 22.9 Å². The number of halogens is 1. The maximum Gasteiger partial charge on any atom is 0.195 e. The summed E-state index contributed by atoms with van der Waals surface area (Å²) in [5, 5.41) is 2.02. The van der Waals surface area contributed by atoms with Gasteiger partial charge in [-0.25, -0.2) is 4.98 Å². The van der Waals surface area contributed by atoms with Gasteiger partial charge in [0.2, 0.25) is 0 Å². The third kappa shape index (κ3) is 1.78. The summed E-state index contributed by atoms with van der Waals surface area (Å²) in [5.41, 5.74) is 2.13. The molecule has 0 saturated carbocycles. The van der Waals surface area contributed by atoms with Gasteiger partial charge in [-0.1, -0.05) is 18.2 Å². The molecule has 0 bridgehead atoms. The lowest BCUT2D eigenvalue weighted by Crippen LogP contribution is -2.11. The van der Waals surface area contributed by atoms with Gasteiger partial charge in [0.15, 0.2) is 10.8 Å². The number of thiazole rings is 1. The summed E-state index contributed by atoms with van der Waals surface area (Å²) in [6.45, 7) is 0. The Labute approximate surface area is 114 Å². The molecule has 2 heterocycles. The molecule has 3 nitrogen and oxygen atoms in total. The van der Waals surface area contributed by atoms with Crippen molar-refractivity contribution in [2.24, 2.45) is 0 Å². The van der Waals surface area contributed by atoms with E-state index >= 15 is 0 Å². The Morgan fingerprint density at radius 2 is 2.11 bits per heavy atom. The summed E-state index contributed by atoms with van der Waals surface area (Å²) in [5.74, 6) is 1.37. The van der Waals surface area contributed by atoms with Gasteiger partial charge in [-0.15, -0.1) is 22.9 Å². The molecule has 3 aromatic rings. The van der Waals surface area contributed by atoms with Gasteiger partial charge in [0.1, 0.15) is 0 Å². The predicted octanol–water partition coefficient (Wildman–Crippen LogP) is 3.90. The Balaban J connectivity index is 2.11. The van der Waals surface area contributed by atoms with Crippen LogP contribution in [0.2, 0.25) is 0 Å². The minimum Gasteiger partial charge on any atom is -0.328 e. The summed E-state index contributed by atoms with van der Waals surface area (Å²) in [6, 6.07) is 10.2. The third-order valence-corrected chi connectivity index (χ3v) is 3.94. The molecule has 0 aliphatic rings. The summed E-state index contributed by atoms with van der Waals surface area (Å²) >= 11 is 7.67. The highest BCUT2D eigenvalue weighted by Crippen LogP contribution is 2.29. The maximum absolute atomic E-state index is 6.06. The van der Waals surface area contributed by atoms with E-state index in [0.717, 1.165) is 22.2 Å². The SMILES string of the molecule is CN(c1ccccc1)c1nc2sccn2c1CCl. The standard InChI is InChI=1S/C13H12ClN3S/c1-16(10-5-3-2-4-6-10)12-11(9-14)17-7-8-18-13(17)15-12/h2-8H,9H2,1H3. The van der Waals surface area contributed by atoms with Crippen LogP contribution in [0.25, 0.3) is 4.96 Å². The molecule has 1 aromatic carbocycles. The van der Waals surface area contributed by atoms with Crippen LogP contribution in [0.4, 0.5) is 11.5 Å². The molecule has 3 rings (SSSR count). The first-order chi connectivity index (χ1) is 8.81. The normalized spacial score (nSPS) is 11.0. The number of para-hydroxylation sites is 1. The van der Waals surface area contributed by atoms with Crippen molar-refractivity contribution < 1.29 is 0 Å². The average Bonchev–Trinajstić information content (AvgIpc) is 2.98. The molecule has 0 spiro atoms. The Morgan fingerprint density at radius 1 is 1.33 bits per heavy atom. The Bertz CT molecular complexity index is 659. The van der Waals surface area contributed by atoms with Crippen molar-refractivity contribution in [3.63, 3.8) is 0 Å². The highest BCUT2D eigenvalue weighted by Gasteiger charge is 2.16. The van der Waals surface area contributed by atoms with Gasteiger partial charge in [0, 0.05) is 24.3 Å². The summed E-state index contributed by atoms with van der Waals surface area (Å²) in [6.07, 6.45) is 2.01. The zero-order valence-corrected chi connectivity index (χ0v) is 11.4. The lowest BCUT2D eigenvalue weighted by Gasteiger charge is -2.17. The van der Waals surface area contributed by atoms with E-state index in [-0.39, 0.29) is 0 Å². The fourth-order valence-electron chi connectivity index (χ4n) is 1.99. The number of aromatic nitrogens is 2. The lowest BCUT2D eigenvalue weighted by molar-refractivity contribution is 1.08. The van der Waals surface area contributed by atoms with Crippen LogP contribution in [-0.2, 0) is 5.88 Å². The van der Waals surface area contributed by atoms with E-state index in [4.69, 9.17) is 11.6 Å². The zero-order chi connectivity index (χ0) is 12.5. The van der Waals surface area contributed by atoms with E-state index in [0.29, 0.717) is 5.88 Å². The second-order valence-corrected chi connectivity index (χ2v) is 5.11. The fraction of sp³-hybridized carbons (Fsp3) is 0.154. The molecule has 0 fully saturated rings. The van der Waals surface area contributed by atoms with E-state index in [1.54, 1.807) is 11.3 Å². The van der Waals surface area contributed by atoms with Gasteiger partial charge in [-0.2, -0.15) is 0 Å². The molecule has 92 valence electrons. The minimum absolute atomic E-state index is 0.449. The molecule has 0 unspecified atom stereocenters. The number of hydrogen-bond acceptors (Lipinski definition) is 3. The van der Waals surface area contributed by atoms with Crippen LogP contribution in [0.5, 0.6) is 0 Å². The quantitative estimate of drug-likeness (QED) is 0.677. The van der Waals surface area contributed by atoms with Crippen LogP contribution in [-0.4, -0.2) is 16.4 Å². The van der Waals surface area contributed by atoms with Crippen molar-refractivity contribution in [2.45, 2.75) is 5.88 Å². The number of nitrogens with zero attached hydrogens (tertiary/aromatic N) is 3. The molecular formula is C13H12ClN3S. The van der Waals surface area contributed by atoms with E-state index in [1.165, 1.54) is 0 Å². The molecule has 18 heavy (non-hydrogen) atoms. The van der Waals surface area contributed by atoms with E-state index in [2.05, 4.69) is 22.0 Å². The second kappa shape index (κ2) is 4.63.